The van der Waals surface area contributed by atoms with Crippen LogP contribution in [0.25, 0.3) is 0 Å². The van der Waals surface area contributed by atoms with Crippen molar-refractivity contribution in [2.24, 2.45) is 23.7 Å². The largest absolute Gasteiger partial charge is 0.311 e. The van der Waals surface area contributed by atoms with E-state index >= 15 is 0 Å². The van der Waals surface area contributed by atoms with Crippen molar-refractivity contribution in [1.82, 2.24) is 5.32 Å². The first-order valence-electron chi connectivity index (χ1n) is 6.48. The van der Waals surface area contributed by atoms with Crippen molar-refractivity contribution in [3.63, 3.8) is 0 Å². The molecule has 0 spiro atoms. The van der Waals surface area contributed by atoms with E-state index in [1.54, 1.807) is 19.3 Å². The molecule has 5 aliphatic carbocycles. The van der Waals surface area contributed by atoms with Crippen LogP contribution >= 0.6 is 0 Å². The molecule has 0 aromatic heterocycles. The molecule has 5 aliphatic rings. The topological polar surface area (TPSA) is 12.0 Å². The Bertz CT molecular complexity index is 237. The fraction of sp³-hybridized carbons (Fsp3) is 1.00. The van der Waals surface area contributed by atoms with Crippen LogP contribution in [0.1, 0.15) is 46.0 Å². The number of rotatable bonds is 2. The molecule has 4 bridgehead atoms. The molecule has 0 heterocycles. The molecular weight excluding hydrogens is 170 g/mol. The fourth-order valence-corrected chi connectivity index (χ4v) is 4.89. The second-order valence-electron chi connectivity index (χ2n) is 6.09. The van der Waals surface area contributed by atoms with E-state index in [9.17, 15) is 0 Å². The molecular formula is C13H23N. The van der Waals surface area contributed by atoms with Crippen LogP contribution < -0.4 is 5.32 Å². The van der Waals surface area contributed by atoms with Crippen molar-refractivity contribution < 1.29 is 0 Å². The molecule has 5 fully saturated rings. The zero-order valence-corrected chi connectivity index (χ0v) is 9.55. The molecule has 0 radical (unpaired) electrons. The van der Waals surface area contributed by atoms with E-state index in [0.29, 0.717) is 5.54 Å². The van der Waals surface area contributed by atoms with Crippen molar-refractivity contribution in [1.29, 1.82) is 0 Å². The summed E-state index contributed by atoms with van der Waals surface area (Å²) < 4.78 is 0. The Morgan fingerprint density at radius 1 is 1.14 bits per heavy atom. The van der Waals surface area contributed by atoms with Gasteiger partial charge in [-0.05, 0) is 69.2 Å². The zero-order valence-electron chi connectivity index (χ0n) is 9.55. The molecule has 5 saturated carbocycles. The van der Waals surface area contributed by atoms with E-state index in [1.165, 1.54) is 12.8 Å². The lowest BCUT2D eigenvalue weighted by Gasteiger charge is -2.61. The van der Waals surface area contributed by atoms with Gasteiger partial charge < -0.3 is 5.32 Å². The van der Waals surface area contributed by atoms with Gasteiger partial charge in [0, 0.05) is 5.54 Å². The van der Waals surface area contributed by atoms with E-state index in [-0.39, 0.29) is 0 Å². The van der Waals surface area contributed by atoms with E-state index in [1.807, 2.05) is 0 Å². The van der Waals surface area contributed by atoms with E-state index in [0.717, 1.165) is 30.2 Å². The van der Waals surface area contributed by atoms with Gasteiger partial charge in [-0.25, -0.2) is 0 Å². The van der Waals surface area contributed by atoms with Crippen LogP contribution in [-0.4, -0.2) is 12.1 Å². The van der Waals surface area contributed by atoms with Gasteiger partial charge in [-0.3, -0.25) is 0 Å². The highest BCUT2D eigenvalue weighted by Gasteiger charge is 2.54. The Labute approximate surface area is 87.7 Å². The highest BCUT2D eigenvalue weighted by atomic mass is 15.0. The van der Waals surface area contributed by atoms with Crippen LogP contribution in [0.2, 0.25) is 0 Å². The lowest BCUT2D eigenvalue weighted by Crippen LogP contribution is -2.62. The highest BCUT2D eigenvalue weighted by molar-refractivity contribution is 5.08. The fourth-order valence-electron chi connectivity index (χ4n) is 4.89. The predicted molar refractivity (Wildman–Crippen MR) is 59.1 cm³/mol. The number of fused-ring (bicyclic) bond motifs is 2. The normalized spacial score (nSPS) is 55.3. The molecule has 0 aromatic rings. The third kappa shape index (κ3) is 1.11. The molecule has 5 unspecified atom stereocenters. The first-order valence-corrected chi connectivity index (χ1v) is 6.48. The van der Waals surface area contributed by atoms with Crippen molar-refractivity contribution in [2.75, 3.05) is 6.54 Å². The van der Waals surface area contributed by atoms with Gasteiger partial charge in [-0.1, -0.05) is 6.92 Å². The van der Waals surface area contributed by atoms with E-state index in [4.69, 9.17) is 0 Å². The standard InChI is InChI=1S/C13H23N/c1-3-14-13(2)8-11-6-10-5-4-9(11)7-12(10)13/h9-12,14H,3-8H2,1-2H3. The lowest BCUT2D eigenvalue weighted by atomic mass is 9.47. The molecule has 1 nitrogen and oxygen atoms in total. The van der Waals surface area contributed by atoms with Gasteiger partial charge >= 0.3 is 0 Å². The summed E-state index contributed by atoms with van der Waals surface area (Å²) in [5, 5.41) is 3.78. The van der Waals surface area contributed by atoms with Crippen LogP contribution in [0, 0.1) is 23.7 Å². The monoisotopic (exact) mass is 193 g/mol. The minimum atomic E-state index is 0.499. The van der Waals surface area contributed by atoms with Gasteiger partial charge in [-0.2, -0.15) is 0 Å². The maximum Gasteiger partial charge on any atom is 0.0186 e. The lowest BCUT2D eigenvalue weighted by molar-refractivity contribution is -0.0796. The third-order valence-electron chi connectivity index (χ3n) is 5.39. The molecule has 5 atom stereocenters. The average molecular weight is 193 g/mol. The summed E-state index contributed by atoms with van der Waals surface area (Å²) in [7, 11) is 0. The molecule has 0 amide bonds. The number of nitrogens with one attached hydrogen (secondary N) is 1. The third-order valence-corrected chi connectivity index (χ3v) is 5.39. The van der Waals surface area contributed by atoms with Gasteiger partial charge in [0.15, 0.2) is 0 Å². The average Bonchev–Trinajstić information content (AvgIpc) is 2.18. The minimum absolute atomic E-state index is 0.499. The molecule has 0 aromatic carbocycles. The molecule has 1 N–H and O–H groups in total. The predicted octanol–water partition coefficient (Wildman–Crippen LogP) is 2.81. The SMILES string of the molecule is CCNC1(C)CC2CC3CCC2CC31. The Hall–Kier alpha value is -0.0400. The van der Waals surface area contributed by atoms with E-state index in [2.05, 4.69) is 19.2 Å². The maximum atomic E-state index is 3.78. The van der Waals surface area contributed by atoms with Gasteiger partial charge in [0.25, 0.3) is 0 Å². The summed E-state index contributed by atoms with van der Waals surface area (Å²) in [6.07, 6.45) is 7.66. The second kappa shape index (κ2) is 2.98. The van der Waals surface area contributed by atoms with E-state index < -0.39 is 0 Å². The first kappa shape index (κ1) is 9.21. The van der Waals surface area contributed by atoms with Crippen molar-refractivity contribution in [2.45, 2.75) is 51.5 Å². The highest BCUT2D eigenvalue weighted by Crippen LogP contribution is 2.59. The van der Waals surface area contributed by atoms with Gasteiger partial charge in [0.05, 0.1) is 0 Å². The maximum absolute atomic E-state index is 3.78. The van der Waals surface area contributed by atoms with Crippen molar-refractivity contribution in [3.05, 3.63) is 0 Å². The Balaban J connectivity index is 1.86. The molecule has 0 aliphatic heterocycles. The second-order valence-corrected chi connectivity index (χ2v) is 6.09. The van der Waals surface area contributed by atoms with Crippen LogP contribution in [0.15, 0.2) is 0 Å². The Morgan fingerprint density at radius 3 is 2.50 bits per heavy atom. The Kier molecular flexibility index (Phi) is 1.96. The first-order chi connectivity index (χ1) is 6.73. The number of hydrogen-bond donors (Lipinski definition) is 1. The number of hydrogen-bond acceptors (Lipinski definition) is 1. The van der Waals surface area contributed by atoms with Crippen LogP contribution in [-0.2, 0) is 0 Å². The minimum Gasteiger partial charge on any atom is -0.311 e. The Morgan fingerprint density at radius 2 is 1.93 bits per heavy atom. The van der Waals surface area contributed by atoms with Crippen LogP contribution in [0.4, 0.5) is 0 Å². The van der Waals surface area contributed by atoms with Gasteiger partial charge in [0.1, 0.15) is 0 Å². The van der Waals surface area contributed by atoms with Gasteiger partial charge in [0.2, 0.25) is 0 Å². The van der Waals surface area contributed by atoms with Crippen LogP contribution in [0.5, 0.6) is 0 Å². The van der Waals surface area contributed by atoms with Crippen molar-refractivity contribution in [3.8, 4) is 0 Å². The smallest absolute Gasteiger partial charge is 0.0186 e. The van der Waals surface area contributed by atoms with Crippen molar-refractivity contribution >= 4 is 0 Å². The zero-order chi connectivity index (χ0) is 9.76. The molecule has 5 rings (SSSR count). The quantitative estimate of drug-likeness (QED) is 0.711. The summed E-state index contributed by atoms with van der Waals surface area (Å²) in [6, 6.07) is 0. The molecule has 80 valence electrons. The molecule has 1 heteroatoms. The summed E-state index contributed by atoms with van der Waals surface area (Å²) in [5.41, 5.74) is 0.499. The molecule has 14 heavy (non-hydrogen) atoms. The summed E-state index contributed by atoms with van der Waals surface area (Å²) in [5.74, 6) is 4.26. The summed E-state index contributed by atoms with van der Waals surface area (Å²) in [6.45, 7) is 5.89. The summed E-state index contributed by atoms with van der Waals surface area (Å²) in [4.78, 5) is 0. The van der Waals surface area contributed by atoms with Crippen LogP contribution in [0.3, 0.4) is 0 Å². The van der Waals surface area contributed by atoms with Gasteiger partial charge in [-0.15, -0.1) is 0 Å². The summed E-state index contributed by atoms with van der Waals surface area (Å²) >= 11 is 0. The molecule has 0 saturated heterocycles.